The van der Waals surface area contributed by atoms with E-state index in [4.69, 9.17) is 10.5 Å². The van der Waals surface area contributed by atoms with Crippen LogP contribution in [-0.4, -0.2) is 19.1 Å². The molecule has 0 spiro atoms. The maximum atomic E-state index is 11.1. The predicted molar refractivity (Wildman–Crippen MR) is 51.2 cm³/mol. The van der Waals surface area contributed by atoms with E-state index in [1.54, 1.807) is 0 Å². The summed E-state index contributed by atoms with van der Waals surface area (Å²) in [7, 11) is 0. The van der Waals surface area contributed by atoms with Gasteiger partial charge in [-0.15, -0.1) is 0 Å². The summed E-state index contributed by atoms with van der Waals surface area (Å²) < 4.78 is 5.13. The first-order valence-electron chi connectivity index (χ1n) is 5.18. The summed E-state index contributed by atoms with van der Waals surface area (Å²) in [5.41, 5.74) is 5.29. The van der Waals surface area contributed by atoms with Crippen LogP contribution in [0.5, 0.6) is 0 Å². The van der Waals surface area contributed by atoms with E-state index in [9.17, 15) is 4.79 Å². The van der Waals surface area contributed by atoms with Gasteiger partial charge < -0.3 is 10.5 Å². The minimum Gasteiger partial charge on any atom is -0.465 e. The lowest BCUT2D eigenvalue weighted by molar-refractivity contribution is -0.145. The Morgan fingerprint density at radius 2 is 2.08 bits per heavy atom. The van der Waals surface area contributed by atoms with E-state index in [1.807, 2.05) is 0 Å². The molecule has 0 unspecified atom stereocenters. The molecule has 3 heteroatoms. The van der Waals surface area contributed by atoms with Crippen molar-refractivity contribution in [3.63, 3.8) is 0 Å². The van der Waals surface area contributed by atoms with Gasteiger partial charge >= 0.3 is 5.97 Å². The summed E-state index contributed by atoms with van der Waals surface area (Å²) in [5, 5.41) is 0. The highest BCUT2D eigenvalue weighted by Crippen LogP contribution is 2.24. The summed E-state index contributed by atoms with van der Waals surface area (Å²) >= 11 is 0. The molecule has 0 aliphatic heterocycles. The smallest absolute Gasteiger partial charge is 0.305 e. The van der Waals surface area contributed by atoms with Crippen molar-refractivity contribution in [1.29, 1.82) is 0 Å². The topological polar surface area (TPSA) is 52.3 Å². The van der Waals surface area contributed by atoms with E-state index >= 15 is 0 Å². The minimum absolute atomic E-state index is 0.0858. The molecule has 1 fully saturated rings. The second-order valence-electron chi connectivity index (χ2n) is 3.73. The number of esters is 1. The number of nitrogens with two attached hydrogens (primary N) is 1. The molecular formula is C10H19NO2. The molecule has 0 heterocycles. The van der Waals surface area contributed by atoms with Crippen molar-refractivity contribution in [2.24, 2.45) is 11.7 Å². The van der Waals surface area contributed by atoms with Gasteiger partial charge in [0.25, 0.3) is 0 Å². The van der Waals surface area contributed by atoms with Crippen molar-refractivity contribution in [2.45, 2.75) is 38.5 Å². The third-order valence-corrected chi connectivity index (χ3v) is 2.54. The Bertz CT molecular complexity index is 153. The molecular weight excluding hydrogens is 166 g/mol. The van der Waals surface area contributed by atoms with E-state index in [2.05, 4.69) is 0 Å². The van der Waals surface area contributed by atoms with Crippen molar-refractivity contribution < 1.29 is 9.53 Å². The number of ether oxygens (including phenoxy) is 1. The molecule has 0 saturated heterocycles. The summed E-state index contributed by atoms with van der Waals surface area (Å²) in [6.45, 7) is 1.20. The van der Waals surface area contributed by atoms with Crippen LogP contribution in [0.25, 0.3) is 0 Å². The highest BCUT2D eigenvalue weighted by molar-refractivity contribution is 5.69. The molecule has 0 radical (unpaired) electrons. The fourth-order valence-electron chi connectivity index (χ4n) is 1.71. The zero-order valence-corrected chi connectivity index (χ0v) is 8.13. The Morgan fingerprint density at radius 1 is 1.38 bits per heavy atom. The van der Waals surface area contributed by atoms with Crippen molar-refractivity contribution in [3.8, 4) is 0 Å². The lowest BCUT2D eigenvalue weighted by atomic mass is 10.1. The Labute approximate surface area is 79.6 Å². The molecule has 3 nitrogen and oxygen atoms in total. The van der Waals surface area contributed by atoms with Gasteiger partial charge in [0.1, 0.15) is 0 Å². The molecule has 0 aromatic rings. The van der Waals surface area contributed by atoms with Crippen molar-refractivity contribution >= 4 is 5.97 Å². The van der Waals surface area contributed by atoms with Gasteiger partial charge in [-0.25, -0.2) is 0 Å². The van der Waals surface area contributed by atoms with Crippen molar-refractivity contribution in [3.05, 3.63) is 0 Å². The normalized spacial score (nSPS) is 17.6. The fourth-order valence-corrected chi connectivity index (χ4v) is 1.71. The average molecular weight is 185 g/mol. The zero-order chi connectivity index (χ0) is 9.52. The average Bonchev–Trinajstić information content (AvgIpc) is 2.64. The first-order valence-corrected chi connectivity index (χ1v) is 5.18. The van der Waals surface area contributed by atoms with Crippen LogP contribution in [0.15, 0.2) is 0 Å². The monoisotopic (exact) mass is 185 g/mol. The number of rotatable bonds is 5. The lowest BCUT2D eigenvalue weighted by Gasteiger charge is -2.09. The van der Waals surface area contributed by atoms with Crippen LogP contribution in [-0.2, 0) is 9.53 Å². The molecule has 1 rings (SSSR count). The van der Waals surface area contributed by atoms with E-state index in [0.717, 1.165) is 6.42 Å². The second kappa shape index (κ2) is 5.97. The second-order valence-corrected chi connectivity index (χ2v) is 3.73. The van der Waals surface area contributed by atoms with E-state index in [0.29, 0.717) is 25.5 Å². The van der Waals surface area contributed by atoms with E-state index in [-0.39, 0.29) is 5.97 Å². The predicted octanol–water partition coefficient (Wildman–Crippen LogP) is 1.46. The molecule has 13 heavy (non-hydrogen) atoms. The van der Waals surface area contributed by atoms with Gasteiger partial charge in [-0.3, -0.25) is 4.79 Å². The molecule has 0 atom stereocenters. The van der Waals surface area contributed by atoms with Crippen LogP contribution >= 0.6 is 0 Å². The van der Waals surface area contributed by atoms with Gasteiger partial charge in [0.15, 0.2) is 0 Å². The SMILES string of the molecule is NCCCC(=O)OCC1CCCC1. The van der Waals surface area contributed by atoms with Gasteiger partial charge in [-0.2, -0.15) is 0 Å². The standard InChI is InChI=1S/C10H19NO2/c11-7-3-6-10(12)13-8-9-4-1-2-5-9/h9H,1-8,11H2. The van der Waals surface area contributed by atoms with Crippen LogP contribution in [0.2, 0.25) is 0 Å². The van der Waals surface area contributed by atoms with Gasteiger partial charge in [-0.1, -0.05) is 12.8 Å². The van der Waals surface area contributed by atoms with Gasteiger partial charge in [0.05, 0.1) is 6.61 Å². The summed E-state index contributed by atoms with van der Waals surface area (Å²) in [5.74, 6) is 0.541. The number of carbonyl (C=O) groups is 1. The summed E-state index contributed by atoms with van der Waals surface area (Å²) in [6, 6.07) is 0. The quantitative estimate of drug-likeness (QED) is 0.660. The summed E-state index contributed by atoms with van der Waals surface area (Å²) in [4.78, 5) is 11.1. The summed E-state index contributed by atoms with van der Waals surface area (Å²) in [6.07, 6.45) is 6.26. The lowest BCUT2D eigenvalue weighted by Crippen LogP contribution is -2.13. The van der Waals surface area contributed by atoms with Crippen LogP contribution in [0.1, 0.15) is 38.5 Å². The third kappa shape index (κ3) is 4.27. The maximum Gasteiger partial charge on any atom is 0.305 e. The molecule has 1 aliphatic rings. The molecule has 0 aromatic heterocycles. The first-order chi connectivity index (χ1) is 6.33. The number of carbonyl (C=O) groups excluding carboxylic acids is 1. The first kappa shape index (κ1) is 10.5. The van der Waals surface area contributed by atoms with E-state index < -0.39 is 0 Å². The van der Waals surface area contributed by atoms with Gasteiger partial charge in [0, 0.05) is 6.42 Å². The highest BCUT2D eigenvalue weighted by atomic mass is 16.5. The molecule has 2 N–H and O–H groups in total. The maximum absolute atomic E-state index is 11.1. The number of hydrogen-bond donors (Lipinski definition) is 1. The Morgan fingerprint density at radius 3 is 2.69 bits per heavy atom. The molecule has 76 valence electrons. The highest BCUT2D eigenvalue weighted by Gasteiger charge is 2.16. The van der Waals surface area contributed by atoms with Crippen LogP contribution in [0, 0.1) is 5.92 Å². The third-order valence-electron chi connectivity index (χ3n) is 2.54. The van der Waals surface area contributed by atoms with Gasteiger partial charge in [0.2, 0.25) is 0 Å². The van der Waals surface area contributed by atoms with E-state index in [1.165, 1.54) is 25.7 Å². The fraction of sp³-hybridized carbons (Fsp3) is 0.900. The van der Waals surface area contributed by atoms with Crippen molar-refractivity contribution in [2.75, 3.05) is 13.2 Å². The molecule has 0 aromatic carbocycles. The largest absolute Gasteiger partial charge is 0.465 e. The molecule has 1 saturated carbocycles. The Hall–Kier alpha value is -0.570. The minimum atomic E-state index is -0.0858. The van der Waals surface area contributed by atoms with Crippen LogP contribution in [0.4, 0.5) is 0 Å². The number of hydrogen-bond acceptors (Lipinski definition) is 3. The zero-order valence-electron chi connectivity index (χ0n) is 8.13. The molecule has 1 aliphatic carbocycles. The van der Waals surface area contributed by atoms with Crippen LogP contribution in [0.3, 0.4) is 0 Å². The Balaban J connectivity index is 2.00. The molecule has 0 bridgehead atoms. The molecule has 0 amide bonds. The van der Waals surface area contributed by atoms with Gasteiger partial charge in [-0.05, 0) is 31.7 Å². The Kier molecular flexibility index (Phi) is 4.83. The van der Waals surface area contributed by atoms with Crippen LogP contribution < -0.4 is 5.73 Å². The van der Waals surface area contributed by atoms with Crippen molar-refractivity contribution in [1.82, 2.24) is 0 Å².